The number of ether oxygens (including phenoxy) is 1. The van der Waals surface area contributed by atoms with Crippen LogP contribution in [0.4, 0.5) is 10.8 Å². The number of hydrogen-bond donors (Lipinski definition) is 1. The smallest absolute Gasteiger partial charge is 0.318 e. The van der Waals surface area contributed by atoms with Gasteiger partial charge in [-0.3, -0.25) is 9.69 Å². The number of rotatable bonds is 11. The van der Waals surface area contributed by atoms with Gasteiger partial charge in [-0.25, -0.2) is 13.2 Å². The van der Waals surface area contributed by atoms with Gasteiger partial charge in [0.25, 0.3) is 5.91 Å². The zero-order valence-corrected chi connectivity index (χ0v) is 20.2. The normalized spacial score (nSPS) is 17.2. The second kappa shape index (κ2) is 11.2. The van der Waals surface area contributed by atoms with Gasteiger partial charge in [0.2, 0.25) is 0 Å². The fourth-order valence-electron chi connectivity index (χ4n) is 3.94. The minimum Gasteiger partial charge on any atom is -0.423 e. The number of nitrogens with one attached hydrogen (secondary N) is 1. The van der Waals surface area contributed by atoms with Crippen LogP contribution >= 0.6 is 0 Å². The van der Waals surface area contributed by atoms with Crippen LogP contribution in [0.3, 0.4) is 0 Å². The molecule has 1 N–H and O–H groups in total. The summed E-state index contributed by atoms with van der Waals surface area (Å²) < 4.78 is 36.8. The highest BCUT2D eigenvalue weighted by molar-refractivity contribution is 7.91. The summed E-state index contributed by atoms with van der Waals surface area (Å²) in [4.78, 5) is 44.6. The maximum Gasteiger partial charge on any atom is 0.318 e. The summed E-state index contributed by atoms with van der Waals surface area (Å²) in [6.45, 7) is 1.50. The number of carbonyl (C=O) groups excluding carboxylic acids is 3. The first-order valence-corrected chi connectivity index (χ1v) is 13.6. The molecule has 1 aliphatic carbocycles. The molecule has 0 spiro atoms. The third-order valence-corrected chi connectivity index (χ3v) is 7.80. The van der Waals surface area contributed by atoms with Crippen molar-refractivity contribution < 1.29 is 32.0 Å². The van der Waals surface area contributed by atoms with Crippen LogP contribution in [0.1, 0.15) is 25.7 Å². The number of urea groups is 1. The van der Waals surface area contributed by atoms with Crippen molar-refractivity contribution in [3.05, 3.63) is 24.3 Å². The van der Waals surface area contributed by atoms with Gasteiger partial charge in [0, 0.05) is 26.1 Å². The molecule has 1 saturated heterocycles. The van der Waals surface area contributed by atoms with Gasteiger partial charge in [-0.05, 0) is 37.3 Å². The van der Waals surface area contributed by atoms with E-state index in [9.17, 15) is 22.8 Å². The van der Waals surface area contributed by atoms with Crippen molar-refractivity contribution in [1.82, 2.24) is 15.2 Å². The number of morpholine rings is 1. The van der Waals surface area contributed by atoms with Gasteiger partial charge in [-0.1, -0.05) is 12.1 Å². The summed E-state index contributed by atoms with van der Waals surface area (Å²) in [5.41, 5.74) is 0.997. The number of hydrogen-bond acceptors (Lipinski definition) is 8. The second-order valence-corrected chi connectivity index (χ2v) is 11.0. The maximum absolute atomic E-state index is 13.7. The van der Waals surface area contributed by atoms with E-state index in [2.05, 4.69) is 10.3 Å². The lowest BCUT2D eigenvalue weighted by molar-refractivity contribution is -0.120. The Hall–Kier alpha value is -2.99. The first-order chi connectivity index (χ1) is 16.9. The molecule has 12 heteroatoms. The van der Waals surface area contributed by atoms with Crippen LogP contribution in [0.15, 0.2) is 28.7 Å². The lowest BCUT2D eigenvalue weighted by atomic mass is 10.2. The maximum atomic E-state index is 13.7. The lowest BCUT2D eigenvalue weighted by Crippen LogP contribution is -2.56. The number of para-hydroxylation sites is 2. The van der Waals surface area contributed by atoms with E-state index in [0.29, 0.717) is 43.8 Å². The molecule has 1 atom stereocenters. The van der Waals surface area contributed by atoms with E-state index in [1.807, 2.05) is 0 Å². The number of carbonyl (C=O) groups is 3. The molecule has 1 aliphatic heterocycles. The molecule has 0 bridgehead atoms. The molecular formula is C23H30N4O7S. The highest BCUT2D eigenvalue weighted by atomic mass is 32.2. The van der Waals surface area contributed by atoms with Crippen LogP contribution < -0.4 is 10.2 Å². The summed E-state index contributed by atoms with van der Waals surface area (Å²) in [6.07, 6.45) is 2.96. The van der Waals surface area contributed by atoms with Crippen LogP contribution in [0, 0.1) is 5.92 Å². The van der Waals surface area contributed by atoms with Crippen molar-refractivity contribution in [2.45, 2.75) is 31.7 Å². The number of amides is 3. The predicted octanol–water partition coefficient (Wildman–Crippen LogP) is 1.38. The van der Waals surface area contributed by atoms with Gasteiger partial charge < -0.3 is 24.2 Å². The number of benzene rings is 1. The summed E-state index contributed by atoms with van der Waals surface area (Å²) in [5, 5.41) is 2.63. The standard InChI is InChI=1S/C23H30N4O7S/c28-12-4-3-9-27(23-25-18-5-1-2-6-20(18)34-23)21(29)19(16-35(31,32)15-17-7-8-17)24-22(30)26-10-13-33-14-11-26/h1-2,5-6,12,17,19H,3-4,7-11,13-16H2,(H,24,30). The number of nitrogens with zero attached hydrogens (tertiary/aromatic N) is 3. The Labute approximate surface area is 203 Å². The van der Waals surface area contributed by atoms with E-state index >= 15 is 0 Å². The zero-order chi connectivity index (χ0) is 24.8. The highest BCUT2D eigenvalue weighted by Gasteiger charge is 2.36. The molecule has 2 fully saturated rings. The van der Waals surface area contributed by atoms with Crippen LogP contribution in [-0.4, -0.2) is 86.9 Å². The molecular weight excluding hydrogens is 476 g/mol. The van der Waals surface area contributed by atoms with Crippen LogP contribution in [-0.2, 0) is 24.2 Å². The molecule has 35 heavy (non-hydrogen) atoms. The number of unbranched alkanes of at least 4 members (excludes halogenated alkanes) is 1. The largest absolute Gasteiger partial charge is 0.423 e. The van der Waals surface area contributed by atoms with Crippen LogP contribution in [0.2, 0.25) is 0 Å². The molecule has 2 aromatic rings. The summed E-state index contributed by atoms with van der Waals surface area (Å²) in [5.74, 6) is -1.09. The Balaban J connectivity index is 1.60. The van der Waals surface area contributed by atoms with Crippen molar-refractivity contribution >= 4 is 45.2 Å². The molecule has 1 saturated carbocycles. The summed E-state index contributed by atoms with van der Waals surface area (Å²) in [7, 11) is -3.62. The molecule has 190 valence electrons. The zero-order valence-electron chi connectivity index (χ0n) is 19.4. The van der Waals surface area contributed by atoms with E-state index in [-0.39, 0.29) is 30.7 Å². The lowest BCUT2D eigenvalue weighted by Gasteiger charge is -2.30. The quantitative estimate of drug-likeness (QED) is 0.356. The fourth-order valence-corrected chi connectivity index (χ4v) is 5.86. The molecule has 3 amide bonds. The summed E-state index contributed by atoms with van der Waals surface area (Å²) in [6, 6.07) is 5.12. The number of aldehydes is 1. The molecule has 0 radical (unpaired) electrons. The van der Waals surface area contributed by atoms with E-state index in [1.54, 1.807) is 24.3 Å². The number of oxazole rings is 1. The minimum atomic E-state index is -3.62. The number of fused-ring (bicyclic) bond motifs is 1. The Bertz CT molecular complexity index is 1120. The average Bonchev–Trinajstić information content (AvgIpc) is 3.54. The van der Waals surface area contributed by atoms with Crippen molar-refractivity contribution in [2.75, 3.05) is 49.3 Å². The molecule has 11 nitrogen and oxygen atoms in total. The Kier molecular flexibility index (Phi) is 8.01. The topological polar surface area (TPSA) is 139 Å². The third-order valence-electron chi connectivity index (χ3n) is 5.98. The molecule has 4 rings (SSSR count). The first kappa shape index (κ1) is 25.1. The Morgan fingerprint density at radius 3 is 2.66 bits per heavy atom. The van der Waals surface area contributed by atoms with Crippen molar-refractivity contribution in [3.8, 4) is 0 Å². The van der Waals surface area contributed by atoms with Gasteiger partial charge in [0.15, 0.2) is 15.4 Å². The second-order valence-electron chi connectivity index (χ2n) is 8.88. The molecule has 2 aliphatic rings. The van der Waals surface area contributed by atoms with Gasteiger partial charge in [0.05, 0.1) is 24.7 Å². The van der Waals surface area contributed by atoms with E-state index in [1.165, 1.54) is 9.80 Å². The number of aromatic nitrogens is 1. The third kappa shape index (κ3) is 6.79. The van der Waals surface area contributed by atoms with Crippen molar-refractivity contribution in [1.29, 1.82) is 0 Å². The highest BCUT2D eigenvalue weighted by Crippen LogP contribution is 2.31. The first-order valence-electron chi connectivity index (χ1n) is 11.8. The fraction of sp³-hybridized carbons (Fsp3) is 0.565. The van der Waals surface area contributed by atoms with Gasteiger partial charge in [-0.15, -0.1) is 0 Å². The summed E-state index contributed by atoms with van der Waals surface area (Å²) >= 11 is 0. The van der Waals surface area contributed by atoms with Gasteiger partial charge in [-0.2, -0.15) is 4.98 Å². The predicted molar refractivity (Wildman–Crippen MR) is 128 cm³/mol. The van der Waals surface area contributed by atoms with Crippen LogP contribution in [0.25, 0.3) is 11.1 Å². The van der Waals surface area contributed by atoms with E-state index in [4.69, 9.17) is 9.15 Å². The molecule has 1 aromatic heterocycles. The minimum absolute atomic E-state index is 0.00712. The van der Waals surface area contributed by atoms with Crippen molar-refractivity contribution in [2.24, 2.45) is 5.92 Å². The number of sulfone groups is 1. The molecule has 1 aromatic carbocycles. The molecule has 1 unspecified atom stereocenters. The number of anilines is 1. The monoisotopic (exact) mass is 506 g/mol. The average molecular weight is 507 g/mol. The van der Waals surface area contributed by atoms with Crippen molar-refractivity contribution in [3.63, 3.8) is 0 Å². The van der Waals surface area contributed by atoms with Crippen LogP contribution in [0.5, 0.6) is 0 Å². The SMILES string of the molecule is O=CCCCN(C(=O)C(CS(=O)(=O)CC1CC1)NC(=O)N1CCOCC1)c1nc2ccccc2o1. The van der Waals surface area contributed by atoms with E-state index < -0.39 is 33.6 Å². The van der Waals surface area contributed by atoms with Gasteiger partial charge in [0.1, 0.15) is 17.8 Å². The van der Waals surface area contributed by atoms with Gasteiger partial charge >= 0.3 is 12.0 Å². The Morgan fingerprint density at radius 1 is 1.23 bits per heavy atom. The molecule has 2 heterocycles. The Morgan fingerprint density at radius 2 is 1.97 bits per heavy atom. The van der Waals surface area contributed by atoms with E-state index in [0.717, 1.165) is 19.1 Å².